The largest absolute Gasteiger partial charge is 1.00 e. The van der Waals surface area contributed by atoms with Crippen LogP contribution >= 0.6 is 79.2 Å². The molecule has 7 aromatic carbocycles. The van der Waals surface area contributed by atoms with Crippen LogP contribution in [0.1, 0.15) is 435 Å². The van der Waals surface area contributed by atoms with E-state index in [2.05, 4.69) is 456 Å². The van der Waals surface area contributed by atoms with Crippen molar-refractivity contribution < 1.29 is 9.13 Å². The molecule has 4 radical (unpaired) electrons. The monoisotopic (exact) mass is 2240 g/mol. The van der Waals surface area contributed by atoms with E-state index in [0.717, 1.165) is 47.2 Å². The second kappa shape index (κ2) is 48.7. The molecule has 0 N–H and O–H groups in total. The van der Waals surface area contributed by atoms with Crippen molar-refractivity contribution >= 4 is 187 Å². The Hall–Kier alpha value is -3.08. The number of aromatic nitrogens is 4. The van der Waals surface area contributed by atoms with E-state index in [4.69, 9.17) is 46.4 Å². The predicted molar refractivity (Wildman–Crippen MR) is 625 cm³/mol. The molecule has 0 aliphatic rings. The van der Waals surface area contributed by atoms with E-state index in [1.54, 1.807) is 0 Å². The summed E-state index contributed by atoms with van der Waals surface area (Å²) < 4.78 is 17.0. The first kappa shape index (κ1) is 126. The third kappa shape index (κ3) is 34.0. The van der Waals surface area contributed by atoms with Gasteiger partial charge in [0.25, 0.3) is 0 Å². The van der Waals surface area contributed by atoms with Crippen LogP contribution in [-0.4, -0.2) is 86.3 Å². The van der Waals surface area contributed by atoms with Gasteiger partial charge in [-0.2, -0.15) is 0 Å². The Morgan fingerprint density at radius 3 is 0.504 bits per heavy atom. The first-order valence-corrected chi connectivity index (χ1v) is 60.2. The molecule has 0 saturated carbocycles. The Bertz CT molecular complexity index is 4780. The number of rotatable bonds is 14. The molecule has 0 aliphatic heterocycles. The Balaban J connectivity index is 0.000000559. The number of aryl methyl sites for hydroxylation is 3. The summed E-state index contributed by atoms with van der Waals surface area (Å²) in [5, 5.41) is 5.39. The number of hydrogen-bond acceptors (Lipinski definition) is 0. The third-order valence-corrected chi connectivity index (χ3v) is 48.1. The average molecular weight is 2240 g/mol. The van der Waals surface area contributed by atoms with Crippen molar-refractivity contribution in [2.75, 3.05) is 0 Å². The van der Waals surface area contributed by atoms with Gasteiger partial charge >= 0.3 is 731 Å². The van der Waals surface area contributed by atoms with E-state index < -0.39 is 28.7 Å². The van der Waals surface area contributed by atoms with Crippen LogP contribution < -0.4 is 39.7 Å². The van der Waals surface area contributed by atoms with Gasteiger partial charge in [-0.25, -0.2) is 0 Å². The van der Waals surface area contributed by atoms with Crippen LogP contribution in [0, 0.1) is 48.5 Å². The molecule has 744 valence electrons. The van der Waals surface area contributed by atoms with Gasteiger partial charge in [-0.1, -0.05) is 108 Å². The Morgan fingerprint density at radius 2 is 0.400 bits per heavy atom. The van der Waals surface area contributed by atoms with Crippen LogP contribution in [0.25, 0.3) is 0 Å². The van der Waals surface area contributed by atoms with Crippen molar-refractivity contribution in [3.05, 3.63) is 246 Å². The second-order valence-electron chi connectivity index (χ2n) is 50.8. The summed E-state index contributed by atoms with van der Waals surface area (Å²) in [6.45, 7) is 118. The summed E-state index contributed by atoms with van der Waals surface area (Å²) in [5.74, 6) is 0. The maximum absolute atomic E-state index is 8.15. The van der Waals surface area contributed by atoms with Crippen molar-refractivity contribution in [2.45, 2.75) is 442 Å². The van der Waals surface area contributed by atoms with Crippen molar-refractivity contribution in [1.82, 2.24) is 9.13 Å². The Labute approximate surface area is 884 Å². The quantitative estimate of drug-likeness (QED) is 0.0587. The van der Waals surface area contributed by atoms with E-state index in [1.807, 2.05) is 54.6 Å². The van der Waals surface area contributed by atoms with E-state index in [9.17, 15) is 0 Å². The number of benzene rings is 7. The smallest absolute Gasteiger partial charge is 0.0398 e. The average Bonchev–Trinajstić information content (AvgIpc) is 1.69. The molecule has 9 rings (SSSR count). The molecule has 135 heavy (non-hydrogen) atoms. The van der Waals surface area contributed by atoms with E-state index >= 15 is 0 Å². The normalized spacial score (nSPS) is 13.5. The molecular formula is C119H180Cl4Ge2N4P4Se2. The maximum atomic E-state index is 8.15. The van der Waals surface area contributed by atoms with Crippen LogP contribution in [0.15, 0.2) is 140 Å². The second-order valence-corrected chi connectivity index (χ2v) is 73.3. The molecule has 0 atom stereocenters. The van der Waals surface area contributed by atoms with Gasteiger partial charge in [-0.05, 0) is 20.8 Å². The molecule has 2 heterocycles. The first-order chi connectivity index (χ1) is 60.0. The van der Waals surface area contributed by atoms with Crippen LogP contribution in [0.5, 0.6) is 0 Å². The van der Waals surface area contributed by atoms with Crippen molar-refractivity contribution in [3.8, 4) is 0 Å². The topological polar surface area (TPSA) is 17.6 Å². The van der Waals surface area contributed by atoms with Crippen LogP contribution in [0.4, 0.5) is 0 Å². The van der Waals surface area contributed by atoms with E-state index in [0.29, 0.717) is 0 Å². The minimum Gasteiger partial charge on any atom is -1.00 e. The molecular weight excluding hydrogens is 2050 g/mol. The van der Waals surface area contributed by atoms with E-state index in [-0.39, 0.29) is 123 Å². The summed E-state index contributed by atoms with van der Waals surface area (Å²) in [4.78, 5) is 0. The van der Waals surface area contributed by atoms with Crippen LogP contribution in [0.2, 0.25) is 0 Å². The van der Waals surface area contributed by atoms with Gasteiger partial charge in [0, 0.05) is 0 Å². The third-order valence-electron chi connectivity index (χ3n) is 24.8. The molecule has 0 saturated heterocycles. The predicted octanol–water partition coefficient (Wildman–Crippen LogP) is 32.0. The molecule has 0 fully saturated rings. The maximum Gasteiger partial charge on any atom is -0.0398 e. The van der Waals surface area contributed by atoms with Gasteiger partial charge in [0.05, 0.1) is 0 Å². The van der Waals surface area contributed by atoms with E-state index in [1.165, 1.54) is 137 Å². The number of imidazole rings is 2. The SMILES string of the molecule is Cc1c(C)[n+](C(C)C)[c]([Ge]([C](Cl)=Pc2c(C(C)(C)C)cc(C(C)(C)C)cc2C(C)(C)C)[C](Cl)=Pc2c(C(C)(C)C)cc(C(C)(C)C)cc2C(C)(C)C)n1C(C)C.Cc1c(C)[n+](C(C)C)[c]([Ge]([C](Cl)=Pc2c(C(C)(C)C)cc(C(C)(C)C)cc2C(C)(C)C)[C](Cl)=Pc2c(C(C)(C)C)cc(C(C)(C)C)cc2C(C)(C)C)n1C(C)C.Cc1ccccc1.Cc1ccccc1.Cc1ccccc1.[Se-].[Se-]. The van der Waals surface area contributed by atoms with Gasteiger partial charge in [0.2, 0.25) is 0 Å². The molecule has 0 amide bonds. The fourth-order valence-electron chi connectivity index (χ4n) is 16.7. The summed E-state index contributed by atoms with van der Waals surface area (Å²) in [6, 6.07) is 51.7. The Kier molecular flexibility index (Phi) is 45.5. The minimum atomic E-state index is -2.87. The van der Waals surface area contributed by atoms with Crippen molar-refractivity contribution in [3.63, 3.8) is 0 Å². The molecule has 0 aliphatic carbocycles. The summed E-state index contributed by atoms with van der Waals surface area (Å²) in [7, 11) is 4.29. The fourth-order valence-corrected chi connectivity index (χ4v) is 47.5. The molecule has 0 unspecified atom stereocenters. The number of nitrogens with zero attached hydrogens (tertiary/aromatic N) is 4. The summed E-state index contributed by atoms with van der Waals surface area (Å²) in [6.07, 6.45) is 0. The zero-order chi connectivity index (χ0) is 103. The number of halogens is 4. The fraction of sp³-hybridized carbons (Fsp3) is 0.563. The minimum absolute atomic E-state index is 0. The zero-order valence-electron chi connectivity index (χ0n) is 94.0. The standard InChI is InChI=1S/2C49H78Cl2GeN2P2.3C7H8.2Se/c2*1-29(2)53-31(5)32(6)54(30(3)4)43(53)52(41(50)55-39-35(46(13,14)15)25-33(44(7,8)9)26-36(39)47(16,17)18)42(51)56-40-37(48(19,20)21)27-34(45(10,11)12)28-38(40)49(22,23)24;3*1-7-5-3-2-4-6-7;;/h2*25-30H,1-24H3;3*2-6H,1H3;;/q2*+1;;;;2*-1. The molecule has 4 nitrogen and oxygen atoms in total. The molecule has 16 heteroatoms. The van der Waals surface area contributed by atoms with Gasteiger partial charge in [0.1, 0.15) is 0 Å². The van der Waals surface area contributed by atoms with Gasteiger partial charge in [-0.3, -0.25) is 0 Å². The van der Waals surface area contributed by atoms with Crippen molar-refractivity contribution in [2.24, 2.45) is 0 Å². The van der Waals surface area contributed by atoms with Gasteiger partial charge < -0.3 is 34.1 Å². The Morgan fingerprint density at radius 1 is 0.252 bits per heavy atom. The first-order valence-electron chi connectivity index (χ1n) is 48.8. The van der Waals surface area contributed by atoms with Crippen LogP contribution in [0.3, 0.4) is 0 Å². The summed E-state index contributed by atoms with van der Waals surface area (Å²) in [5.41, 5.74) is 25.2. The van der Waals surface area contributed by atoms with Crippen molar-refractivity contribution in [1.29, 1.82) is 0 Å². The van der Waals surface area contributed by atoms with Gasteiger partial charge in [0.15, 0.2) is 0 Å². The zero-order valence-corrected chi connectivity index (χ0v) is 108. The molecule has 2 aromatic heterocycles. The molecule has 9 aromatic rings. The van der Waals surface area contributed by atoms with Crippen LogP contribution in [-0.2, 0) is 65.0 Å². The molecule has 0 spiro atoms. The number of hydrogen-bond donors (Lipinski definition) is 0. The summed E-state index contributed by atoms with van der Waals surface area (Å²) >= 11 is 26.9. The molecule has 0 bridgehead atoms. The van der Waals surface area contributed by atoms with Gasteiger partial charge in [-0.15, -0.1) is 0 Å².